The van der Waals surface area contributed by atoms with Gasteiger partial charge in [-0.1, -0.05) is 27.2 Å². The number of esters is 1. The van der Waals surface area contributed by atoms with E-state index in [4.69, 9.17) is 23.7 Å². The Morgan fingerprint density at radius 3 is 2.35 bits per heavy atom. The number of methoxy groups -OCH3 is 1. The maximum Gasteiger partial charge on any atom is 0.409 e. The fourth-order valence-electron chi connectivity index (χ4n) is 8.56. The van der Waals surface area contributed by atoms with Crippen molar-refractivity contribution in [2.75, 3.05) is 53.1 Å². The standard InChI is InChI=1S/C39H54N4O9/c1-7-49-35(46)38(15-9-16-38)52-31-23-30(40-29-22-26(48-6)11-12-27(29)31)33(44)41-28(34(45)42-17-19-43(20-18-42)36(47)50-8-2)14-21-51-39-24-25(3)10-13-32(39)37(39,4)5/h11-12,22-23,25,28,32H,7-10,13-21,24H2,1-6H3,(H,41,44). The van der Waals surface area contributed by atoms with Gasteiger partial charge in [0.2, 0.25) is 11.5 Å². The molecule has 284 valence electrons. The van der Waals surface area contributed by atoms with Crippen molar-refractivity contribution in [3.63, 3.8) is 0 Å². The largest absolute Gasteiger partial charge is 0.497 e. The Balaban J connectivity index is 1.25. The van der Waals surface area contributed by atoms with Crippen LogP contribution in [-0.2, 0) is 23.8 Å². The quantitative estimate of drug-likeness (QED) is 0.276. The maximum atomic E-state index is 14.2. The lowest BCUT2D eigenvalue weighted by Gasteiger charge is -2.39. The number of fused-ring (bicyclic) bond motifs is 2. The Bertz CT molecular complexity index is 1670. The van der Waals surface area contributed by atoms with Gasteiger partial charge in [-0.15, -0.1) is 0 Å². The first-order chi connectivity index (χ1) is 24.9. The van der Waals surface area contributed by atoms with Gasteiger partial charge in [0.15, 0.2) is 0 Å². The van der Waals surface area contributed by atoms with Gasteiger partial charge in [0.05, 0.1) is 31.4 Å². The fraction of sp³-hybridized carbons (Fsp3) is 0.667. The first-order valence-corrected chi connectivity index (χ1v) is 18.9. The summed E-state index contributed by atoms with van der Waals surface area (Å²) < 4.78 is 29.1. The normalized spacial score (nSPS) is 24.9. The molecule has 0 spiro atoms. The lowest BCUT2D eigenvalue weighted by Crippen LogP contribution is -2.56. The molecule has 1 saturated heterocycles. The molecule has 2 aromatic rings. The summed E-state index contributed by atoms with van der Waals surface area (Å²) in [6.45, 7) is 12.4. The number of hydrogen-bond donors (Lipinski definition) is 1. The van der Waals surface area contributed by atoms with Gasteiger partial charge in [-0.05, 0) is 75.3 Å². The summed E-state index contributed by atoms with van der Waals surface area (Å²) in [7, 11) is 1.54. The molecule has 0 radical (unpaired) electrons. The van der Waals surface area contributed by atoms with E-state index in [2.05, 4.69) is 31.1 Å². The van der Waals surface area contributed by atoms with E-state index in [1.54, 1.807) is 49.0 Å². The van der Waals surface area contributed by atoms with E-state index in [9.17, 15) is 19.2 Å². The van der Waals surface area contributed by atoms with Gasteiger partial charge in [0.25, 0.3) is 5.91 Å². The van der Waals surface area contributed by atoms with E-state index < -0.39 is 29.6 Å². The van der Waals surface area contributed by atoms with Gasteiger partial charge >= 0.3 is 12.1 Å². The molecule has 1 N–H and O–H groups in total. The van der Waals surface area contributed by atoms with Crippen LogP contribution in [0.4, 0.5) is 4.79 Å². The second kappa shape index (κ2) is 15.1. The van der Waals surface area contributed by atoms with Gasteiger partial charge in [-0.3, -0.25) is 9.59 Å². The number of rotatable bonds is 13. The molecule has 1 aromatic carbocycles. The molecular formula is C39H54N4O9. The van der Waals surface area contributed by atoms with Crippen molar-refractivity contribution in [3.05, 3.63) is 30.0 Å². The van der Waals surface area contributed by atoms with Crippen LogP contribution in [0.25, 0.3) is 10.9 Å². The zero-order chi connectivity index (χ0) is 37.3. The number of piperazine rings is 1. The second-order valence-corrected chi connectivity index (χ2v) is 15.3. The molecule has 3 saturated carbocycles. The van der Waals surface area contributed by atoms with Crippen molar-refractivity contribution in [2.24, 2.45) is 17.3 Å². The summed E-state index contributed by atoms with van der Waals surface area (Å²) in [6.07, 6.45) is 4.94. The Hall–Kier alpha value is -4.13. The van der Waals surface area contributed by atoms with Gasteiger partial charge in [-0.2, -0.15) is 0 Å². The van der Waals surface area contributed by atoms with Crippen LogP contribution < -0.4 is 14.8 Å². The fourth-order valence-corrected chi connectivity index (χ4v) is 8.56. The Labute approximate surface area is 306 Å². The van der Waals surface area contributed by atoms with Crippen molar-refractivity contribution in [1.82, 2.24) is 20.1 Å². The summed E-state index contributed by atoms with van der Waals surface area (Å²) in [5.74, 6) is 0.635. The summed E-state index contributed by atoms with van der Waals surface area (Å²) in [5.41, 5.74) is -0.853. The molecule has 4 unspecified atom stereocenters. The highest BCUT2D eigenvalue weighted by Gasteiger charge is 2.73. The van der Waals surface area contributed by atoms with Gasteiger partial charge in [0.1, 0.15) is 23.2 Å². The number of benzene rings is 1. The van der Waals surface area contributed by atoms with E-state index in [1.807, 2.05) is 0 Å². The van der Waals surface area contributed by atoms with E-state index in [1.165, 1.54) is 12.5 Å². The lowest BCUT2D eigenvalue weighted by molar-refractivity contribution is -0.169. The number of carbonyl (C=O) groups is 4. The number of hydrogen-bond acceptors (Lipinski definition) is 10. The van der Waals surface area contributed by atoms with Crippen molar-refractivity contribution < 1.29 is 42.9 Å². The van der Waals surface area contributed by atoms with Crippen LogP contribution in [0, 0.1) is 17.3 Å². The summed E-state index contributed by atoms with van der Waals surface area (Å²) in [6, 6.07) is 5.87. The van der Waals surface area contributed by atoms with E-state index >= 15 is 0 Å². The third-order valence-electron chi connectivity index (χ3n) is 11.9. The van der Waals surface area contributed by atoms with Crippen LogP contribution in [0.5, 0.6) is 11.5 Å². The van der Waals surface area contributed by atoms with Crippen molar-refractivity contribution in [3.8, 4) is 11.5 Å². The van der Waals surface area contributed by atoms with E-state index in [0.717, 1.165) is 19.3 Å². The highest BCUT2D eigenvalue weighted by atomic mass is 16.6. The van der Waals surface area contributed by atoms with Crippen LogP contribution >= 0.6 is 0 Å². The minimum Gasteiger partial charge on any atom is -0.497 e. The van der Waals surface area contributed by atoms with Crippen LogP contribution in [0.2, 0.25) is 0 Å². The van der Waals surface area contributed by atoms with Crippen molar-refractivity contribution >= 4 is 34.8 Å². The summed E-state index contributed by atoms with van der Waals surface area (Å²) in [5, 5.41) is 3.58. The Kier molecular flexibility index (Phi) is 10.9. The Morgan fingerprint density at radius 1 is 0.981 bits per heavy atom. The van der Waals surface area contributed by atoms with Crippen molar-refractivity contribution in [2.45, 2.75) is 96.8 Å². The minimum absolute atomic E-state index is 0.0306. The molecule has 3 aliphatic carbocycles. The zero-order valence-electron chi connectivity index (χ0n) is 31.5. The molecule has 1 aliphatic heterocycles. The SMILES string of the molecule is CCOC(=O)N1CCN(C(=O)C(CCOC23CC(C)CCC2C3(C)C)NC(=O)c2cc(OC3(C(=O)OCC)CCC3)c3ccc(OC)cc3n2)CC1. The molecule has 13 heteroatoms. The average molecular weight is 723 g/mol. The number of amides is 3. The first-order valence-electron chi connectivity index (χ1n) is 18.9. The number of aromatic nitrogens is 1. The van der Waals surface area contributed by atoms with Crippen molar-refractivity contribution in [1.29, 1.82) is 0 Å². The zero-order valence-corrected chi connectivity index (χ0v) is 31.5. The number of ether oxygens (including phenoxy) is 5. The van der Waals surface area contributed by atoms with E-state index in [0.29, 0.717) is 79.9 Å². The molecule has 0 bridgehead atoms. The molecule has 13 nitrogen and oxygen atoms in total. The van der Waals surface area contributed by atoms with Crippen LogP contribution in [-0.4, -0.2) is 109 Å². The van der Waals surface area contributed by atoms with Gasteiger partial charge in [-0.25, -0.2) is 14.6 Å². The van der Waals surface area contributed by atoms with Crippen LogP contribution in [0.15, 0.2) is 24.3 Å². The molecule has 1 aromatic heterocycles. The minimum atomic E-state index is -1.15. The lowest BCUT2D eigenvalue weighted by atomic mass is 9.80. The molecular weight excluding hydrogens is 668 g/mol. The van der Waals surface area contributed by atoms with E-state index in [-0.39, 0.29) is 42.3 Å². The van der Waals surface area contributed by atoms with Crippen LogP contribution in [0.3, 0.4) is 0 Å². The number of pyridine rings is 1. The average Bonchev–Trinajstić information content (AvgIpc) is 3.60. The second-order valence-electron chi connectivity index (χ2n) is 15.3. The first kappa shape index (κ1) is 37.6. The molecule has 4 fully saturated rings. The summed E-state index contributed by atoms with van der Waals surface area (Å²) in [4.78, 5) is 61.6. The molecule has 4 atom stereocenters. The number of nitrogens with one attached hydrogen (secondary N) is 1. The number of nitrogens with zero attached hydrogens (tertiary/aromatic N) is 3. The highest BCUT2D eigenvalue weighted by Crippen LogP contribution is 2.71. The molecule has 52 heavy (non-hydrogen) atoms. The third-order valence-corrected chi connectivity index (χ3v) is 11.9. The Morgan fingerprint density at radius 2 is 1.69 bits per heavy atom. The smallest absolute Gasteiger partial charge is 0.409 e. The monoisotopic (exact) mass is 722 g/mol. The molecule has 6 rings (SSSR count). The van der Waals surface area contributed by atoms with Crippen LogP contribution in [0.1, 0.15) is 90.1 Å². The van der Waals surface area contributed by atoms with Gasteiger partial charge in [0, 0.05) is 56.7 Å². The van der Waals surface area contributed by atoms with Gasteiger partial charge < -0.3 is 38.8 Å². The molecule has 4 aliphatic rings. The maximum absolute atomic E-state index is 14.2. The predicted octanol–water partition coefficient (Wildman–Crippen LogP) is 5.13. The predicted molar refractivity (Wildman–Crippen MR) is 192 cm³/mol. The summed E-state index contributed by atoms with van der Waals surface area (Å²) >= 11 is 0. The third kappa shape index (κ3) is 7.12. The highest BCUT2D eigenvalue weighted by molar-refractivity contribution is 5.99. The molecule has 2 heterocycles. The number of carbonyl (C=O) groups excluding carboxylic acids is 4. The topological polar surface area (TPSA) is 146 Å². The molecule has 3 amide bonds.